The van der Waals surface area contributed by atoms with E-state index in [0.717, 1.165) is 12.8 Å². The molecule has 1 rings (SSSR count). The summed E-state index contributed by atoms with van der Waals surface area (Å²) in [5, 5.41) is 18.7. The van der Waals surface area contributed by atoms with Crippen molar-refractivity contribution in [1.29, 1.82) is 0 Å². The highest BCUT2D eigenvalue weighted by Gasteiger charge is 2.22. The molecule has 0 atom stereocenters. The highest BCUT2D eigenvalue weighted by Crippen LogP contribution is 2.24. The van der Waals surface area contributed by atoms with Gasteiger partial charge in [-0.1, -0.05) is 25.4 Å². The molecule has 0 aliphatic rings. The quantitative estimate of drug-likeness (QED) is 0.753. The van der Waals surface area contributed by atoms with Gasteiger partial charge in [-0.3, -0.25) is 0 Å². The van der Waals surface area contributed by atoms with Crippen molar-refractivity contribution in [3.63, 3.8) is 0 Å². The Hall–Kier alpha value is -1.33. The molecule has 0 spiro atoms. The third kappa shape index (κ3) is 3.81. The first-order valence-electron chi connectivity index (χ1n) is 6.32. The lowest BCUT2D eigenvalue weighted by Gasteiger charge is -2.32. The maximum absolute atomic E-state index is 11.3. The molecule has 6 heteroatoms. The molecule has 0 unspecified atom stereocenters. The van der Waals surface area contributed by atoms with Crippen molar-refractivity contribution in [3.05, 3.63) is 22.8 Å². The fourth-order valence-corrected chi connectivity index (χ4v) is 2.25. The van der Waals surface area contributed by atoms with Crippen LogP contribution in [-0.2, 0) is 0 Å². The molecule has 1 aromatic rings. The van der Waals surface area contributed by atoms with Crippen LogP contribution < -0.4 is 4.90 Å². The molecule has 19 heavy (non-hydrogen) atoms. The van der Waals surface area contributed by atoms with Gasteiger partial charge in [0, 0.05) is 12.6 Å². The Labute approximate surface area is 117 Å². The van der Waals surface area contributed by atoms with Crippen LogP contribution in [0.15, 0.2) is 12.1 Å². The number of rotatable bonds is 7. The molecule has 0 aliphatic carbocycles. The first kappa shape index (κ1) is 15.7. The van der Waals surface area contributed by atoms with E-state index in [2.05, 4.69) is 4.98 Å². The Morgan fingerprint density at radius 2 is 2.05 bits per heavy atom. The van der Waals surface area contributed by atoms with E-state index >= 15 is 0 Å². The molecule has 0 radical (unpaired) electrons. The fraction of sp³-hybridized carbons (Fsp3) is 0.538. The number of aliphatic hydroxyl groups excluding tert-OH is 1. The predicted octanol–water partition coefficient (Wildman–Crippen LogP) is 2.42. The van der Waals surface area contributed by atoms with Crippen molar-refractivity contribution >= 4 is 23.4 Å². The Morgan fingerprint density at radius 3 is 2.53 bits per heavy atom. The normalized spacial score (nSPS) is 10.8. The summed E-state index contributed by atoms with van der Waals surface area (Å²) >= 11 is 5.86. The van der Waals surface area contributed by atoms with Gasteiger partial charge in [0.2, 0.25) is 0 Å². The molecule has 0 fully saturated rings. The summed E-state index contributed by atoms with van der Waals surface area (Å²) in [4.78, 5) is 17.2. The minimum absolute atomic E-state index is 0.0657. The number of aromatic carboxylic acids is 1. The van der Waals surface area contributed by atoms with Crippen LogP contribution in [0.4, 0.5) is 5.82 Å². The van der Waals surface area contributed by atoms with Crippen molar-refractivity contribution in [3.8, 4) is 0 Å². The molecule has 0 amide bonds. The van der Waals surface area contributed by atoms with Gasteiger partial charge in [-0.15, -0.1) is 0 Å². The maximum Gasteiger partial charge on any atom is 0.339 e. The van der Waals surface area contributed by atoms with Crippen LogP contribution in [-0.4, -0.2) is 40.4 Å². The van der Waals surface area contributed by atoms with Crippen LogP contribution >= 0.6 is 11.6 Å². The second-order valence-electron chi connectivity index (χ2n) is 4.20. The largest absolute Gasteiger partial charge is 0.478 e. The third-order valence-electron chi connectivity index (χ3n) is 3.07. The van der Waals surface area contributed by atoms with E-state index in [9.17, 15) is 15.0 Å². The van der Waals surface area contributed by atoms with Gasteiger partial charge in [0.25, 0.3) is 0 Å². The van der Waals surface area contributed by atoms with E-state index in [1.165, 1.54) is 12.1 Å². The second-order valence-corrected chi connectivity index (χ2v) is 4.58. The zero-order valence-corrected chi connectivity index (χ0v) is 11.9. The average Bonchev–Trinajstić information content (AvgIpc) is 2.38. The minimum Gasteiger partial charge on any atom is -0.478 e. The van der Waals surface area contributed by atoms with Crippen LogP contribution in [0.3, 0.4) is 0 Å². The number of hydrogen-bond acceptors (Lipinski definition) is 4. The number of aliphatic hydroxyl groups is 1. The summed E-state index contributed by atoms with van der Waals surface area (Å²) in [6.45, 7) is 4.30. The Kier molecular flexibility index (Phi) is 6.05. The maximum atomic E-state index is 11.3. The molecule has 2 N–H and O–H groups in total. The van der Waals surface area contributed by atoms with E-state index < -0.39 is 5.97 Å². The van der Waals surface area contributed by atoms with Crippen molar-refractivity contribution < 1.29 is 15.0 Å². The summed E-state index contributed by atoms with van der Waals surface area (Å²) in [7, 11) is 0. The molecule has 0 aliphatic heterocycles. The zero-order valence-electron chi connectivity index (χ0n) is 11.1. The molecule has 0 aromatic carbocycles. The van der Waals surface area contributed by atoms with Gasteiger partial charge in [0.1, 0.15) is 16.5 Å². The number of halogens is 1. The number of hydrogen-bond donors (Lipinski definition) is 2. The number of carboxylic acids is 1. The van der Waals surface area contributed by atoms with E-state index in [1.807, 2.05) is 18.7 Å². The van der Waals surface area contributed by atoms with Gasteiger partial charge in [-0.2, -0.15) is 0 Å². The predicted molar refractivity (Wildman–Crippen MR) is 75.0 cm³/mol. The number of carboxylic acid groups (broad SMARTS) is 1. The lowest BCUT2D eigenvalue weighted by molar-refractivity contribution is 0.0697. The number of pyridine rings is 1. The van der Waals surface area contributed by atoms with Crippen LogP contribution in [0.2, 0.25) is 5.15 Å². The molecule has 1 aromatic heterocycles. The van der Waals surface area contributed by atoms with E-state index in [4.69, 9.17) is 11.6 Å². The van der Waals surface area contributed by atoms with Crippen LogP contribution in [0.25, 0.3) is 0 Å². The summed E-state index contributed by atoms with van der Waals surface area (Å²) in [6, 6.07) is 3.02. The van der Waals surface area contributed by atoms with Crippen molar-refractivity contribution in [1.82, 2.24) is 4.98 Å². The van der Waals surface area contributed by atoms with Gasteiger partial charge in [0.15, 0.2) is 0 Å². The first-order chi connectivity index (χ1) is 9.04. The molecular weight excluding hydrogens is 268 g/mol. The topological polar surface area (TPSA) is 73.7 Å². The molecule has 0 saturated heterocycles. The summed E-state index contributed by atoms with van der Waals surface area (Å²) in [5.41, 5.74) is 0.102. The van der Waals surface area contributed by atoms with Gasteiger partial charge in [-0.05, 0) is 25.0 Å². The van der Waals surface area contributed by atoms with Crippen molar-refractivity contribution in [2.24, 2.45) is 0 Å². The monoisotopic (exact) mass is 286 g/mol. The molecule has 1 heterocycles. The lowest BCUT2D eigenvalue weighted by Crippen LogP contribution is -2.38. The first-order valence-corrected chi connectivity index (χ1v) is 6.70. The van der Waals surface area contributed by atoms with Crippen LogP contribution in [0.5, 0.6) is 0 Å². The summed E-state index contributed by atoms with van der Waals surface area (Å²) < 4.78 is 0. The van der Waals surface area contributed by atoms with Crippen LogP contribution in [0.1, 0.15) is 37.0 Å². The molecule has 0 bridgehead atoms. The van der Waals surface area contributed by atoms with E-state index in [1.54, 1.807) is 0 Å². The van der Waals surface area contributed by atoms with Crippen LogP contribution in [0, 0.1) is 0 Å². The molecule has 106 valence electrons. The number of carbonyl (C=O) groups is 1. The van der Waals surface area contributed by atoms with E-state index in [0.29, 0.717) is 12.4 Å². The highest BCUT2D eigenvalue weighted by molar-refractivity contribution is 6.29. The summed E-state index contributed by atoms with van der Waals surface area (Å²) in [6.07, 6.45) is 1.67. The molecule has 0 saturated carbocycles. The smallest absolute Gasteiger partial charge is 0.339 e. The Balaban J connectivity index is 3.27. The van der Waals surface area contributed by atoms with Crippen molar-refractivity contribution in [2.75, 3.05) is 18.1 Å². The summed E-state index contributed by atoms with van der Waals surface area (Å²) in [5.74, 6) is -0.726. The zero-order chi connectivity index (χ0) is 14.4. The number of aromatic nitrogens is 1. The number of anilines is 1. The Bertz CT molecular complexity index is 436. The molecular formula is C13H19ClN2O3. The van der Waals surface area contributed by atoms with Gasteiger partial charge >= 0.3 is 5.97 Å². The van der Waals surface area contributed by atoms with Gasteiger partial charge in [0.05, 0.1) is 6.61 Å². The second kappa shape index (κ2) is 7.31. The average molecular weight is 287 g/mol. The standard InChI is InChI=1S/C13H19ClN2O3/c1-3-9(4-2)16(7-8-17)12-10(13(18)19)5-6-11(14)15-12/h5-6,9,17H,3-4,7-8H2,1-2H3,(H,18,19). The van der Waals surface area contributed by atoms with Gasteiger partial charge in [-0.25, -0.2) is 9.78 Å². The molecule has 5 nitrogen and oxygen atoms in total. The van der Waals surface area contributed by atoms with E-state index in [-0.39, 0.29) is 23.4 Å². The highest BCUT2D eigenvalue weighted by atomic mass is 35.5. The van der Waals surface area contributed by atoms with Crippen molar-refractivity contribution in [2.45, 2.75) is 32.7 Å². The number of nitrogens with zero attached hydrogens (tertiary/aromatic N) is 2. The lowest BCUT2D eigenvalue weighted by atomic mass is 10.1. The Morgan fingerprint density at radius 1 is 1.42 bits per heavy atom. The fourth-order valence-electron chi connectivity index (χ4n) is 2.11. The SMILES string of the molecule is CCC(CC)N(CCO)c1nc(Cl)ccc1C(=O)O. The van der Waals surface area contributed by atoms with Gasteiger partial charge < -0.3 is 15.1 Å². The third-order valence-corrected chi connectivity index (χ3v) is 3.28. The minimum atomic E-state index is -1.05.